The Hall–Kier alpha value is -2.86. The van der Waals surface area contributed by atoms with Crippen LogP contribution >= 0.6 is 0 Å². The van der Waals surface area contributed by atoms with Crippen LogP contribution in [0, 0.1) is 5.82 Å². The molecule has 2 fully saturated rings. The number of rotatable bonds is 4. The van der Waals surface area contributed by atoms with Gasteiger partial charge in [-0.15, -0.1) is 0 Å². The van der Waals surface area contributed by atoms with E-state index in [1.807, 2.05) is 11.0 Å². The third-order valence-electron chi connectivity index (χ3n) is 6.85. The molecule has 2 aliphatic heterocycles. The SMILES string of the molecule is O=C(Nc1ccc2c(c1)CCC(CN1CCCC1)=C2)N1CCN(c2ccc(F)cc2)CC1. The molecule has 0 radical (unpaired) electrons. The van der Waals surface area contributed by atoms with E-state index in [-0.39, 0.29) is 11.8 Å². The summed E-state index contributed by atoms with van der Waals surface area (Å²) < 4.78 is 13.2. The fraction of sp³-hybridized carbons (Fsp3) is 0.423. The lowest BCUT2D eigenvalue weighted by Crippen LogP contribution is -2.50. The van der Waals surface area contributed by atoms with E-state index >= 15 is 0 Å². The van der Waals surface area contributed by atoms with Gasteiger partial charge in [-0.05, 0) is 86.3 Å². The van der Waals surface area contributed by atoms with Gasteiger partial charge in [0.1, 0.15) is 5.82 Å². The predicted octanol–water partition coefficient (Wildman–Crippen LogP) is 4.61. The molecule has 168 valence electrons. The summed E-state index contributed by atoms with van der Waals surface area (Å²) in [5.41, 5.74) is 5.99. The molecule has 1 N–H and O–H groups in total. The van der Waals surface area contributed by atoms with Crippen LogP contribution in [-0.2, 0) is 6.42 Å². The first-order chi connectivity index (χ1) is 15.6. The molecule has 2 heterocycles. The summed E-state index contributed by atoms with van der Waals surface area (Å²) >= 11 is 0. The number of halogens is 1. The smallest absolute Gasteiger partial charge is 0.321 e. The van der Waals surface area contributed by atoms with Crippen LogP contribution in [0.1, 0.15) is 30.4 Å². The Morgan fingerprint density at radius 1 is 0.906 bits per heavy atom. The van der Waals surface area contributed by atoms with E-state index in [9.17, 15) is 9.18 Å². The first-order valence-electron chi connectivity index (χ1n) is 11.8. The van der Waals surface area contributed by atoms with Crippen LogP contribution < -0.4 is 10.2 Å². The van der Waals surface area contributed by atoms with Crippen molar-refractivity contribution in [1.29, 1.82) is 0 Å². The van der Waals surface area contributed by atoms with Gasteiger partial charge in [-0.25, -0.2) is 9.18 Å². The first kappa shape index (κ1) is 21.0. The number of fused-ring (bicyclic) bond motifs is 1. The van der Waals surface area contributed by atoms with Crippen molar-refractivity contribution in [3.8, 4) is 0 Å². The van der Waals surface area contributed by atoms with Gasteiger partial charge in [-0.3, -0.25) is 4.90 Å². The summed E-state index contributed by atoms with van der Waals surface area (Å²) in [6.45, 7) is 6.34. The Morgan fingerprint density at radius 2 is 1.66 bits per heavy atom. The van der Waals surface area contributed by atoms with Crippen LogP contribution in [0.5, 0.6) is 0 Å². The largest absolute Gasteiger partial charge is 0.368 e. The quantitative estimate of drug-likeness (QED) is 0.764. The van der Waals surface area contributed by atoms with Crippen LogP contribution in [0.3, 0.4) is 0 Å². The lowest BCUT2D eigenvalue weighted by Gasteiger charge is -2.36. The second-order valence-corrected chi connectivity index (χ2v) is 9.08. The molecule has 32 heavy (non-hydrogen) atoms. The Balaban J connectivity index is 1.16. The minimum atomic E-state index is -0.227. The Bertz CT molecular complexity index is 989. The van der Waals surface area contributed by atoms with Gasteiger partial charge in [0, 0.05) is 44.1 Å². The van der Waals surface area contributed by atoms with E-state index in [0.717, 1.165) is 43.9 Å². The highest BCUT2D eigenvalue weighted by Gasteiger charge is 2.22. The average molecular weight is 435 g/mol. The highest BCUT2D eigenvalue weighted by Crippen LogP contribution is 2.28. The first-order valence-corrected chi connectivity index (χ1v) is 11.8. The zero-order chi connectivity index (χ0) is 21.9. The number of likely N-dealkylation sites (tertiary alicyclic amines) is 1. The zero-order valence-electron chi connectivity index (χ0n) is 18.5. The van der Waals surface area contributed by atoms with Gasteiger partial charge in [0.15, 0.2) is 0 Å². The average Bonchev–Trinajstić information content (AvgIpc) is 3.33. The van der Waals surface area contributed by atoms with Crippen molar-refractivity contribution >= 4 is 23.5 Å². The normalized spacial score (nSPS) is 19.0. The third-order valence-corrected chi connectivity index (χ3v) is 6.85. The number of nitrogens with zero attached hydrogens (tertiary/aromatic N) is 3. The lowest BCUT2D eigenvalue weighted by atomic mass is 9.91. The van der Waals surface area contributed by atoms with Crippen molar-refractivity contribution in [3.63, 3.8) is 0 Å². The van der Waals surface area contributed by atoms with E-state index in [1.165, 1.54) is 54.8 Å². The third kappa shape index (κ3) is 4.80. The number of amides is 2. The number of urea groups is 1. The number of hydrogen-bond acceptors (Lipinski definition) is 3. The number of aryl methyl sites for hydroxylation is 1. The molecule has 2 amide bonds. The van der Waals surface area contributed by atoms with Crippen LogP contribution in [0.25, 0.3) is 6.08 Å². The Kier molecular flexibility index (Phi) is 6.12. The van der Waals surface area contributed by atoms with Gasteiger partial charge in [-0.1, -0.05) is 17.7 Å². The molecule has 2 aromatic rings. The van der Waals surface area contributed by atoms with Gasteiger partial charge in [-0.2, -0.15) is 0 Å². The maximum absolute atomic E-state index is 13.2. The highest BCUT2D eigenvalue weighted by atomic mass is 19.1. The van der Waals surface area contributed by atoms with Gasteiger partial charge in [0.25, 0.3) is 0 Å². The molecule has 1 aliphatic carbocycles. The van der Waals surface area contributed by atoms with E-state index in [0.29, 0.717) is 13.1 Å². The van der Waals surface area contributed by atoms with Crippen LogP contribution in [0.2, 0.25) is 0 Å². The number of piperazine rings is 1. The van der Waals surface area contributed by atoms with Crippen molar-refractivity contribution in [2.45, 2.75) is 25.7 Å². The molecule has 5 rings (SSSR count). The molecule has 5 nitrogen and oxygen atoms in total. The molecule has 2 aromatic carbocycles. The topological polar surface area (TPSA) is 38.8 Å². The van der Waals surface area contributed by atoms with E-state index in [4.69, 9.17) is 0 Å². The minimum absolute atomic E-state index is 0.0511. The number of benzene rings is 2. The molecule has 2 saturated heterocycles. The molecule has 0 bridgehead atoms. The van der Waals surface area contributed by atoms with Crippen molar-refractivity contribution in [3.05, 3.63) is 65.0 Å². The maximum Gasteiger partial charge on any atom is 0.321 e. The molecule has 0 aromatic heterocycles. The molecule has 0 saturated carbocycles. The molecule has 6 heteroatoms. The summed E-state index contributed by atoms with van der Waals surface area (Å²) in [6, 6.07) is 12.8. The Labute approximate surface area is 189 Å². The summed E-state index contributed by atoms with van der Waals surface area (Å²) in [5.74, 6) is -0.227. The Morgan fingerprint density at radius 3 is 2.41 bits per heavy atom. The molecular formula is C26H31FN4O. The summed E-state index contributed by atoms with van der Waals surface area (Å²) in [6.07, 6.45) is 7.14. The summed E-state index contributed by atoms with van der Waals surface area (Å²) in [4.78, 5) is 19.4. The fourth-order valence-corrected chi connectivity index (χ4v) is 5.00. The van der Waals surface area contributed by atoms with E-state index in [1.54, 1.807) is 12.1 Å². The van der Waals surface area contributed by atoms with Crippen molar-refractivity contribution in [1.82, 2.24) is 9.80 Å². The van der Waals surface area contributed by atoms with Gasteiger partial charge >= 0.3 is 6.03 Å². The second-order valence-electron chi connectivity index (χ2n) is 9.08. The zero-order valence-corrected chi connectivity index (χ0v) is 18.5. The standard InChI is InChI=1S/C26H31FN4O/c27-23-6-9-25(10-7-23)30-13-15-31(16-14-30)26(32)28-24-8-5-21-17-20(3-4-22(21)18-24)19-29-11-1-2-12-29/h5-10,17-18H,1-4,11-16,19H2,(H,28,32). The van der Waals surface area contributed by atoms with Crippen LogP contribution in [0.15, 0.2) is 48.0 Å². The number of anilines is 2. The van der Waals surface area contributed by atoms with E-state index in [2.05, 4.69) is 33.3 Å². The monoisotopic (exact) mass is 434 g/mol. The van der Waals surface area contributed by atoms with E-state index < -0.39 is 0 Å². The van der Waals surface area contributed by atoms with Crippen LogP contribution in [0.4, 0.5) is 20.6 Å². The van der Waals surface area contributed by atoms with Gasteiger partial charge in [0.2, 0.25) is 0 Å². The molecule has 3 aliphatic rings. The fourth-order valence-electron chi connectivity index (χ4n) is 5.00. The number of carbonyl (C=O) groups excluding carboxylic acids is 1. The second kappa shape index (κ2) is 9.33. The van der Waals surface area contributed by atoms with Crippen LogP contribution in [-0.4, -0.2) is 61.6 Å². The lowest BCUT2D eigenvalue weighted by molar-refractivity contribution is 0.208. The minimum Gasteiger partial charge on any atom is -0.368 e. The number of carbonyl (C=O) groups is 1. The van der Waals surface area contributed by atoms with Crippen molar-refractivity contribution in [2.24, 2.45) is 0 Å². The number of hydrogen-bond donors (Lipinski definition) is 1. The molecule has 0 atom stereocenters. The molecule has 0 spiro atoms. The molecule has 0 unspecified atom stereocenters. The number of nitrogens with one attached hydrogen (secondary N) is 1. The maximum atomic E-state index is 13.2. The highest BCUT2D eigenvalue weighted by molar-refractivity contribution is 5.90. The summed E-state index contributed by atoms with van der Waals surface area (Å²) in [7, 11) is 0. The van der Waals surface area contributed by atoms with Gasteiger partial charge in [0.05, 0.1) is 0 Å². The van der Waals surface area contributed by atoms with Crippen molar-refractivity contribution < 1.29 is 9.18 Å². The molecular weight excluding hydrogens is 403 g/mol. The summed E-state index contributed by atoms with van der Waals surface area (Å²) in [5, 5.41) is 3.08. The predicted molar refractivity (Wildman–Crippen MR) is 128 cm³/mol. The van der Waals surface area contributed by atoms with Gasteiger partial charge < -0.3 is 15.1 Å². The van der Waals surface area contributed by atoms with Crippen molar-refractivity contribution in [2.75, 3.05) is 56.0 Å².